The van der Waals surface area contributed by atoms with Crippen LogP contribution in [-0.2, 0) is 14.3 Å². The standard InChI is InChI=1S/C14H23NO4/c1-5-18-12(16)10-8-6-7-9-11(10)15-13(17)19-14(2,3)4/h6-7,10-11H,5,8-9H2,1-4H3,(H,15,17)/t10-,11+/m0/s1. The molecular formula is C14H23NO4. The molecule has 0 unspecified atom stereocenters. The van der Waals surface area contributed by atoms with Gasteiger partial charge in [0.25, 0.3) is 0 Å². The second-order valence-corrected chi connectivity index (χ2v) is 5.55. The van der Waals surface area contributed by atoms with Gasteiger partial charge in [0.05, 0.1) is 12.5 Å². The Labute approximate surface area is 114 Å². The van der Waals surface area contributed by atoms with E-state index in [1.165, 1.54) is 0 Å². The molecule has 0 saturated carbocycles. The molecule has 0 aromatic carbocycles. The molecule has 5 heteroatoms. The van der Waals surface area contributed by atoms with Crippen molar-refractivity contribution in [1.82, 2.24) is 5.32 Å². The Bertz CT molecular complexity index is 357. The van der Waals surface area contributed by atoms with Crippen molar-refractivity contribution in [3.63, 3.8) is 0 Å². The van der Waals surface area contributed by atoms with Gasteiger partial charge in [-0.3, -0.25) is 4.79 Å². The first-order valence-electron chi connectivity index (χ1n) is 6.64. The zero-order chi connectivity index (χ0) is 14.5. The maximum absolute atomic E-state index is 11.8. The molecule has 1 aliphatic carbocycles. The summed E-state index contributed by atoms with van der Waals surface area (Å²) in [6.07, 6.45) is 4.59. The summed E-state index contributed by atoms with van der Waals surface area (Å²) < 4.78 is 10.2. The molecule has 1 rings (SSSR count). The van der Waals surface area contributed by atoms with E-state index in [0.717, 1.165) is 0 Å². The Morgan fingerprint density at radius 3 is 2.47 bits per heavy atom. The maximum Gasteiger partial charge on any atom is 0.407 e. The van der Waals surface area contributed by atoms with Crippen molar-refractivity contribution in [1.29, 1.82) is 0 Å². The van der Waals surface area contributed by atoms with Gasteiger partial charge in [0.2, 0.25) is 0 Å². The highest BCUT2D eigenvalue weighted by atomic mass is 16.6. The number of hydrogen-bond donors (Lipinski definition) is 1. The third-order valence-electron chi connectivity index (χ3n) is 2.72. The highest BCUT2D eigenvalue weighted by Crippen LogP contribution is 2.21. The van der Waals surface area contributed by atoms with Gasteiger partial charge in [0.1, 0.15) is 5.60 Å². The Morgan fingerprint density at radius 1 is 1.26 bits per heavy atom. The zero-order valence-corrected chi connectivity index (χ0v) is 12.1. The van der Waals surface area contributed by atoms with Crippen LogP contribution in [0.4, 0.5) is 4.79 Å². The summed E-state index contributed by atoms with van der Waals surface area (Å²) in [5, 5.41) is 2.75. The summed E-state index contributed by atoms with van der Waals surface area (Å²) in [6, 6.07) is -0.265. The fraction of sp³-hybridized carbons (Fsp3) is 0.714. The highest BCUT2D eigenvalue weighted by Gasteiger charge is 2.32. The topological polar surface area (TPSA) is 64.6 Å². The van der Waals surface area contributed by atoms with Crippen LogP contribution in [-0.4, -0.2) is 30.3 Å². The average molecular weight is 269 g/mol. The minimum atomic E-state index is -0.548. The summed E-state index contributed by atoms with van der Waals surface area (Å²) in [4.78, 5) is 23.6. The minimum Gasteiger partial charge on any atom is -0.466 e. The van der Waals surface area contributed by atoms with Gasteiger partial charge in [0, 0.05) is 6.04 Å². The van der Waals surface area contributed by atoms with Gasteiger partial charge in [-0.05, 0) is 40.5 Å². The molecule has 2 atom stereocenters. The summed E-state index contributed by atoms with van der Waals surface area (Å²) in [7, 11) is 0. The number of allylic oxidation sites excluding steroid dienone is 1. The Hall–Kier alpha value is -1.52. The SMILES string of the molecule is CCOC(=O)[C@H]1CC=CC[C@H]1NC(=O)OC(C)(C)C. The highest BCUT2D eigenvalue weighted by molar-refractivity contribution is 5.75. The number of carbonyl (C=O) groups excluding carboxylic acids is 2. The van der Waals surface area contributed by atoms with Crippen LogP contribution in [0.15, 0.2) is 12.2 Å². The smallest absolute Gasteiger partial charge is 0.407 e. The molecule has 0 aliphatic heterocycles. The number of alkyl carbamates (subject to hydrolysis) is 1. The van der Waals surface area contributed by atoms with Gasteiger partial charge in [-0.1, -0.05) is 12.2 Å². The van der Waals surface area contributed by atoms with Gasteiger partial charge in [0.15, 0.2) is 0 Å². The number of rotatable bonds is 3. The molecular weight excluding hydrogens is 246 g/mol. The Morgan fingerprint density at radius 2 is 1.89 bits per heavy atom. The molecule has 5 nitrogen and oxygen atoms in total. The van der Waals surface area contributed by atoms with E-state index < -0.39 is 11.7 Å². The monoisotopic (exact) mass is 269 g/mol. The van der Waals surface area contributed by atoms with Crippen LogP contribution in [0.25, 0.3) is 0 Å². The van der Waals surface area contributed by atoms with E-state index in [4.69, 9.17) is 9.47 Å². The van der Waals surface area contributed by atoms with Crippen molar-refractivity contribution in [2.24, 2.45) is 5.92 Å². The predicted octanol–water partition coefficient (Wildman–Crippen LogP) is 2.41. The van der Waals surface area contributed by atoms with Crippen molar-refractivity contribution in [3.05, 3.63) is 12.2 Å². The third-order valence-corrected chi connectivity index (χ3v) is 2.72. The molecule has 0 fully saturated rings. The molecule has 0 heterocycles. The molecule has 1 aliphatic rings. The van der Waals surface area contributed by atoms with Crippen molar-refractivity contribution in [3.8, 4) is 0 Å². The summed E-state index contributed by atoms with van der Waals surface area (Å²) in [6.45, 7) is 7.52. The number of hydrogen-bond acceptors (Lipinski definition) is 4. The molecule has 0 radical (unpaired) electrons. The number of nitrogens with one attached hydrogen (secondary N) is 1. The van der Waals surface area contributed by atoms with Gasteiger partial charge >= 0.3 is 12.1 Å². The Kier molecular flexibility index (Phi) is 5.39. The maximum atomic E-state index is 11.8. The summed E-state index contributed by atoms with van der Waals surface area (Å²) in [5.74, 6) is -0.606. The first kappa shape index (κ1) is 15.5. The number of esters is 1. The molecule has 1 amide bonds. The van der Waals surface area contributed by atoms with Crippen LogP contribution in [0.5, 0.6) is 0 Å². The number of amides is 1. The van der Waals surface area contributed by atoms with E-state index >= 15 is 0 Å². The fourth-order valence-electron chi connectivity index (χ4n) is 1.94. The molecule has 0 bridgehead atoms. The van der Waals surface area contributed by atoms with Crippen LogP contribution >= 0.6 is 0 Å². The van der Waals surface area contributed by atoms with Gasteiger partial charge in [-0.15, -0.1) is 0 Å². The van der Waals surface area contributed by atoms with E-state index in [9.17, 15) is 9.59 Å². The van der Waals surface area contributed by atoms with Gasteiger partial charge in [-0.25, -0.2) is 4.79 Å². The fourth-order valence-corrected chi connectivity index (χ4v) is 1.94. The van der Waals surface area contributed by atoms with Crippen molar-refractivity contribution in [2.75, 3.05) is 6.61 Å². The van der Waals surface area contributed by atoms with Crippen molar-refractivity contribution < 1.29 is 19.1 Å². The summed E-state index contributed by atoms with van der Waals surface area (Å²) >= 11 is 0. The van der Waals surface area contributed by atoms with Crippen LogP contribution in [0.2, 0.25) is 0 Å². The largest absolute Gasteiger partial charge is 0.466 e. The lowest BCUT2D eigenvalue weighted by atomic mass is 9.89. The van der Waals surface area contributed by atoms with E-state index in [2.05, 4.69) is 5.32 Å². The second kappa shape index (κ2) is 6.59. The summed E-state index contributed by atoms with van der Waals surface area (Å²) in [5.41, 5.74) is -0.548. The second-order valence-electron chi connectivity index (χ2n) is 5.55. The molecule has 0 aromatic heterocycles. The molecule has 19 heavy (non-hydrogen) atoms. The lowest BCUT2D eigenvalue weighted by molar-refractivity contribution is -0.149. The lowest BCUT2D eigenvalue weighted by Gasteiger charge is -2.29. The molecule has 1 N–H and O–H groups in total. The van der Waals surface area contributed by atoms with Crippen molar-refractivity contribution >= 4 is 12.1 Å². The first-order valence-corrected chi connectivity index (χ1v) is 6.64. The Balaban J connectivity index is 2.61. The van der Waals surface area contributed by atoms with Crippen molar-refractivity contribution in [2.45, 2.75) is 52.2 Å². The van der Waals surface area contributed by atoms with E-state index in [0.29, 0.717) is 19.4 Å². The molecule has 108 valence electrons. The average Bonchev–Trinajstić information content (AvgIpc) is 2.27. The van der Waals surface area contributed by atoms with Crippen LogP contribution in [0.1, 0.15) is 40.5 Å². The first-order chi connectivity index (χ1) is 8.83. The molecule has 0 aromatic rings. The minimum absolute atomic E-state index is 0.265. The lowest BCUT2D eigenvalue weighted by Crippen LogP contribution is -2.46. The molecule has 0 saturated heterocycles. The van der Waals surface area contributed by atoms with E-state index in [-0.39, 0.29) is 17.9 Å². The predicted molar refractivity (Wildman–Crippen MR) is 71.7 cm³/mol. The number of carbonyl (C=O) groups is 2. The normalized spacial score (nSPS) is 22.7. The number of ether oxygens (including phenoxy) is 2. The van der Waals surface area contributed by atoms with E-state index in [1.807, 2.05) is 12.2 Å². The van der Waals surface area contributed by atoms with Crippen LogP contribution in [0.3, 0.4) is 0 Å². The quantitative estimate of drug-likeness (QED) is 0.631. The third kappa shape index (κ3) is 5.32. The van der Waals surface area contributed by atoms with Gasteiger partial charge in [-0.2, -0.15) is 0 Å². The van der Waals surface area contributed by atoms with E-state index in [1.54, 1.807) is 27.7 Å². The molecule has 0 spiro atoms. The van der Waals surface area contributed by atoms with Crippen LogP contribution < -0.4 is 5.32 Å². The van der Waals surface area contributed by atoms with Crippen LogP contribution in [0, 0.1) is 5.92 Å². The van der Waals surface area contributed by atoms with Gasteiger partial charge < -0.3 is 14.8 Å². The zero-order valence-electron chi connectivity index (χ0n) is 12.1.